The predicted molar refractivity (Wildman–Crippen MR) is 76.1 cm³/mol. The molecule has 0 aromatic carbocycles. The van der Waals surface area contributed by atoms with Gasteiger partial charge in [-0.2, -0.15) is 0 Å². The first kappa shape index (κ1) is 12.9. The van der Waals surface area contributed by atoms with E-state index in [1.807, 2.05) is 0 Å². The van der Waals surface area contributed by atoms with Crippen molar-refractivity contribution in [3.63, 3.8) is 0 Å². The van der Waals surface area contributed by atoms with E-state index in [0.29, 0.717) is 5.88 Å². The molecule has 1 aliphatic carbocycles. The van der Waals surface area contributed by atoms with E-state index in [-0.39, 0.29) is 0 Å². The Morgan fingerprint density at radius 2 is 1.94 bits per heavy atom. The normalized spacial score (nSPS) is 22.5. The molecule has 1 saturated carbocycles. The standard InChI is InChI=1S/C13H20ClN3S/c14-7-12-10-18-13(15-12)9-17-5-3-16(4-6-17)8-11-1-2-11/h10-11H,1-9H2. The zero-order chi connectivity index (χ0) is 12.4. The molecule has 0 unspecified atom stereocenters. The van der Waals surface area contributed by atoms with Crippen LogP contribution in [-0.4, -0.2) is 47.5 Å². The maximum absolute atomic E-state index is 5.78. The third-order valence-electron chi connectivity index (χ3n) is 3.77. The van der Waals surface area contributed by atoms with Crippen molar-refractivity contribution in [2.45, 2.75) is 25.3 Å². The summed E-state index contributed by atoms with van der Waals surface area (Å²) >= 11 is 7.52. The van der Waals surface area contributed by atoms with E-state index in [9.17, 15) is 0 Å². The molecule has 2 fully saturated rings. The molecule has 1 saturated heterocycles. The number of hydrogen-bond acceptors (Lipinski definition) is 4. The molecule has 0 N–H and O–H groups in total. The molecule has 0 radical (unpaired) electrons. The van der Waals surface area contributed by atoms with Crippen LogP contribution in [0.1, 0.15) is 23.5 Å². The van der Waals surface area contributed by atoms with Gasteiger partial charge in [0.2, 0.25) is 0 Å². The molecule has 3 nitrogen and oxygen atoms in total. The molecule has 2 heterocycles. The van der Waals surface area contributed by atoms with Crippen LogP contribution in [0.5, 0.6) is 0 Å². The van der Waals surface area contributed by atoms with Gasteiger partial charge in [-0.3, -0.25) is 4.90 Å². The number of aromatic nitrogens is 1. The number of alkyl halides is 1. The quantitative estimate of drug-likeness (QED) is 0.775. The van der Waals surface area contributed by atoms with Crippen molar-refractivity contribution in [2.75, 3.05) is 32.7 Å². The average Bonchev–Trinajstić information content (AvgIpc) is 3.09. The Balaban J connectivity index is 1.44. The zero-order valence-electron chi connectivity index (χ0n) is 10.6. The topological polar surface area (TPSA) is 19.4 Å². The molecule has 1 aromatic heterocycles. The fraction of sp³-hybridized carbons (Fsp3) is 0.769. The van der Waals surface area contributed by atoms with E-state index in [1.165, 1.54) is 50.6 Å². The van der Waals surface area contributed by atoms with E-state index in [4.69, 9.17) is 11.6 Å². The van der Waals surface area contributed by atoms with Gasteiger partial charge in [0.15, 0.2) is 0 Å². The van der Waals surface area contributed by atoms with Gasteiger partial charge in [0.25, 0.3) is 0 Å². The van der Waals surface area contributed by atoms with Gasteiger partial charge in [-0.15, -0.1) is 22.9 Å². The second-order valence-electron chi connectivity index (χ2n) is 5.39. The Labute approximate surface area is 118 Å². The van der Waals surface area contributed by atoms with Crippen molar-refractivity contribution in [2.24, 2.45) is 5.92 Å². The number of piperazine rings is 1. The summed E-state index contributed by atoms with van der Waals surface area (Å²) in [6.45, 7) is 7.15. The van der Waals surface area contributed by atoms with Crippen LogP contribution in [-0.2, 0) is 12.4 Å². The Morgan fingerprint density at radius 3 is 2.56 bits per heavy atom. The number of nitrogens with zero attached hydrogens (tertiary/aromatic N) is 3. The first-order valence-electron chi connectivity index (χ1n) is 6.77. The fourth-order valence-corrected chi connectivity index (χ4v) is 3.53. The summed E-state index contributed by atoms with van der Waals surface area (Å²) in [6, 6.07) is 0. The van der Waals surface area contributed by atoms with Crippen LogP contribution in [0.15, 0.2) is 5.38 Å². The molecule has 1 aliphatic heterocycles. The highest BCUT2D eigenvalue weighted by Crippen LogP contribution is 2.30. The minimum atomic E-state index is 0.533. The van der Waals surface area contributed by atoms with Gasteiger partial charge in [-0.25, -0.2) is 4.98 Å². The summed E-state index contributed by atoms with van der Waals surface area (Å²) < 4.78 is 0. The van der Waals surface area contributed by atoms with Crippen molar-refractivity contribution in [3.8, 4) is 0 Å². The maximum Gasteiger partial charge on any atom is 0.107 e. The SMILES string of the molecule is ClCc1csc(CN2CCN(CC3CC3)CC2)n1. The first-order valence-corrected chi connectivity index (χ1v) is 8.19. The highest BCUT2D eigenvalue weighted by Gasteiger charge is 2.26. The van der Waals surface area contributed by atoms with Gasteiger partial charge in [-0.1, -0.05) is 0 Å². The molecular formula is C13H20ClN3S. The Morgan fingerprint density at radius 1 is 1.22 bits per heavy atom. The third kappa shape index (κ3) is 3.44. The number of hydrogen-bond donors (Lipinski definition) is 0. The largest absolute Gasteiger partial charge is 0.301 e. The third-order valence-corrected chi connectivity index (χ3v) is 4.93. The summed E-state index contributed by atoms with van der Waals surface area (Å²) in [4.78, 5) is 9.67. The van der Waals surface area contributed by atoms with Gasteiger partial charge < -0.3 is 4.90 Å². The van der Waals surface area contributed by atoms with Crippen molar-refractivity contribution in [3.05, 3.63) is 16.1 Å². The smallest absolute Gasteiger partial charge is 0.107 e. The van der Waals surface area contributed by atoms with Gasteiger partial charge in [0.1, 0.15) is 5.01 Å². The number of rotatable bonds is 5. The van der Waals surface area contributed by atoms with Gasteiger partial charge in [0, 0.05) is 38.1 Å². The Kier molecular flexibility index (Phi) is 4.19. The molecule has 3 rings (SSSR count). The highest BCUT2D eigenvalue weighted by molar-refractivity contribution is 7.09. The molecule has 1 aromatic rings. The second-order valence-corrected chi connectivity index (χ2v) is 6.60. The van der Waals surface area contributed by atoms with E-state index in [0.717, 1.165) is 18.2 Å². The van der Waals surface area contributed by atoms with Crippen LogP contribution >= 0.6 is 22.9 Å². The van der Waals surface area contributed by atoms with E-state index >= 15 is 0 Å². The maximum atomic E-state index is 5.78. The van der Waals surface area contributed by atoms with Crippen LogP contribution in [0, 0.1) is 5.92 Å². The van der Waals surface area contributed by atoms with Gasteiger partial charge in [-0.05, 0) is 18.8 Å². The van der Waals surface area contributed by atoms with Crippen LogP contribution in [0.25, 0.3) is 0 Å². The van der Waals surface area contributed by atoms with Crippen LogP contribution in [0.2, 0.25) is 0 Å². The predicted octanol–water partition coefficient (Wildman–Crippen LogP) is 2.41. The average molecular weight is 286 g/mol. The molecule has 0 amide bonds. The van der Waals surface area contributed by atoms with E-state index in [2.05, 4.69) is 20.2 Å². The zero-order valence-corrected chi connectivity index (χ0v) is 12.2. The summed E-state index contributed by atoms with van der Waals surface area (Å²) in [5.41, 5.74) is 1.02. The highest BCUT2D eigenvalue weighted by atomic mass is 35.5. The van der Waals surface area contributed by atoms with Crippen LogP contribution < -0.4 is 0 Å². The summed E-state index contributed by atoms with van der Waals surface area (Å²) in [7, 11) is 0. The molecule has 0 atom stereocenters. The van der Waals surface area contributed by atoms with Gasteiger partial charge in [0.05, 0.1) is 18.1 Å². The van der Waals surface area contributed by atoms with E-state index in [1.54, 1.807) is 11.3 Å². The minimum absolute atomic E-state index is 0.533. The fourth-order valence-electron chi connectivity index (χ4n) is 2.47. The molecular weight excluding hydrogens is 266 g/mol. The summed E-state index contributed by atoms with van der Waals surface area (Å²) in [5, 5.41) is 3.28. The lowest BCUT2D eigenvalue weighted by molar-refractivity contribution is 0.123. The minimum Gasteiger partial charge on any atom is -0.301 e. The number of thiazole rings is 1. The number of halogens is 1. The lowest BCUT2D eigenvalue weighted by Crippen LogP contribution is -2.46. The molecule has 100 valence electrons. The summed E-state index contributed by atoms with van der Waals surface area (Å²) in [6.07, 6.45) is 2.92. The van der Waals surface area contributed by atoms with E-state index < -0.39 is 0 Å². The van der Waals surface area contributed by atoms with Crippen molar-refractivity contribution < 1.29 is 0 Å². The van der Waals surface area contributed by atoms with Crippen LogP contribution in [0.3, 0.4) is 0 Å². The van der Waals surface area contributed by atoms with Gasteiger partial charge >= 0.3 is 0 Å². The lowest BCUT2D eigenvalue weighted by atomic mass is 10.3. The summed E-state index contributed by atoms with van der Waals surface area (Å²) in [5.74, 6) is 1.55. The van der Waals surface area contributed by atoms with Crippen molar-refractivity contribution in [1.82, 2.24) is 14.8 Å². The lowest BCUT2D eigenvalue weighted by Gasteiger charge is -2.34. The Bertz CT molecular complexity index is 383. The van der Waals surface area contributed by atoms with Crippen LogP contribution in [0.4, 0.5) is 0 Å². The van der Waals surface area contributed by atoms with Crippen molar-refractivity contribution >= 4 is 22.9 Å². The molecule has 5 heteroatoms. The molecule has 0 bridgehead atoms. The molecule has 18 heavy (non-hydrogen) atoms. The Hall–Kier alpha value is -0.160. The first-order chi connectivity index (χ1) is 8.83. The van der Waals surface area contributed by atoms with Crippen molar-refractivity contribution in [1.29, 1.82) is 0 Å². The molecule has 0 spiro atoms. The monoisotopic (exact) mass is 285 g/mol. The second kappa shape index (κ2) is 5.87. The molecule has 2 aliphatic rings.